The van der Waals surface area contributed by atoms with Crippen molar-refractivity contribution in [2.75, 3.05) is 13.1 Å². The first-order valence-electron chi connectivity index (χ1n) is 4.98. The molecule has 0 aliphatic carbocycles. The van der Waals surface area contributed by atoms with Crippen molar-refractivity contribution in [2.24, 2.45) is 5.92 Å². The summed E-state index contributed by atoms with van der Waals surface area (Å²) in [7, 11) is 0. The fraction of sp³-hybridized carbons (Fsp3) is 0.545. The number of pyridine rings is 1. The van der Waals surface area contributed by atoms with Crippen LogP contribution in [0.2, 0.25) is 0 Å². The van der Waals surface area contributed by atoms with Gasteiger partial charge in [-0.15, -0.1) is 0 Å². The molecule has 2 nitrogen and oxygen atoms in total. The Kier molecular flexibility index (Phi) is 2.60. The van der Waals surface area contributed by atoms with Gasteiger partial charge in [0, 0.05) is 11.4 Å². The molecule has 0 bridgehead atoms. The van der Waals surface area contributed by atoms with E-state index in [4.69, 9.17) is 0 Å². The molecule has 1 aliphatic rings. The first kappa shape index (κ1) is 8.70. The minimum atomic E-state index is 0.800. The lowest BCUT2D eigenvalue weighted by atomic mass is 10.0. The fourth-order valence-electron chi connectivity index (χ4n) is 1.90. The van der Waals surface area contributed by atoms with Crippen molar-refractivity contribution in [3.8, 4) is 0 Å². The Labute approximate surface area is 79.4 Å². The summed E-state index contributed by atoms with van der Waals surface area (Å²) in [5.74, 6) is 0.800. The van der Waals surface area contributed by atoms with E-state index in [1.165, 1.54) is 18.7 Å². The summed E-state index contributed by atoms with van der Waals surface area (Å²) in [6, 6.07) is 6.28. The third-order valence-corrected chi connectivity index (χ3v) is 2.61. The molecule has 2 rings (SSSR count). The molecule has 1 atom stereocenters. The largest absolute Gasteiger partial charge is 0.316 e. The maximum atomic E-state index is 4.51. The second kappa shape index (κ2) is 3.88. The molecule has 0 aromatic carbocycles. The summed E-state index contributed by atoms with van der Waals surface area (Å²) in [4.78, 5) is 4.51. The van der Waals surface area contributed by atoms with Crippen LogP contribution >= 0.6 is 0 Å². The van der Waals surface area contributed by atoms with E-state index in [0.717, 1.165) is 24.6 Å². The molecular formula is C11H16N2. The van der Waals surface area contributed by atoms with Gasteiger partial charge in [0.2, 0.25) is 0 Å². The van der Waals surface area contributed by atoms with Crippen molar-refractivity contribution in [1.82, 2.24) is 10.3 Å². The highest BCUT2D eigenvalue weighted by Crippen LogP contribution is 2.13. The second-order valence-electron chi connectivity index (χ2n) is 3.83. The van der Waals surface area contributed by atoms with E-state index in [1.54, 1.807) is 0 Å². The van der Waals surface area contributed by atoms with Gasteiger partial charge in [-0.2, -0.15) is 0 Å². The molecule has 70 valence electrons. The summed E-state index contributed by atoms with van der Waals surface area (Å²) in [5.41, 5.74) is 2.37. The van der Waals surface area contributed by atoms with Gasteiger partial charge in [-0.25, -0.2) is 0 Å². The predicted molar refractivity (Wildman–Crippen MR) is 53.7 cm³/mol. The van der Waals surface area contributed by atoms with Crippen LogP contribution in [0, 0.1) is 12.8 Å². The van der Waals surface area contributed by atoms with Gasteiger partial charge in [-0.3, -0.25) is 4.98 Å². The average Bonchev–Trinajstić information content (AvgIpc) is 2.57. The van der Waals surface area contributed by atoms with Crippen LogP contribution in [-0.2, 0) is 6.42 Å². The third kappa shape index (κ3) is 2.28. The third-order valence-electron chi connectivity index (χ3n) is 2.61. The lowest BCUT2D eigenvalue weighted by Gasteiger charge is -2.07. The summed E-state index contributed by atoms with van der Waals surface area (Å²) in [5, 5.41) is 3.38. The van der Waals surface area contributed by atoms with Crippen molar-refractivity contribution in [1.29, 1.82) is 0 Å². The number of rotatable bonds is 2. The molecule has 1 fully saturated rings. The van der Waals surface area contributed by atoms with Crippen LogP contribution in [0.1, 0.15) is 17.8 Å². The Morgan fingerprint density at radius 1 is 1.54 bits per heavy atom. The molecule has 1 N–H and O–H groups in total. The predicted octanol–water partition coefficient (Wildman–Crippen LogP) is 1.54. The Morgan fingerprint density at radius 2 is 2.46 bits per heavy atom. The van der Waals surface area contributed by atoms with Crippen molar-refractivity contribution in [3.63, 3.8) is 0 Å². The van der Waals surface area contributed by atoms with Crippen molar-refractivity contribution < 1.29 is 0 Å². The van der Waals surface area contributed by atoms with Crippen molar-refractivity contribution >= 4 is 0 Å². The van der Waals surface area contributed by atoms with Crippen LogP contribution in [0.15, 0.2) is 18.2 Å². The van der Waals surface area contributed by atoms with Gasteiger partial charge in [-0.1, -0.05) is 6.07 Å². The minimum absolute atomic E-state index is 0.800. The maximum absolute atomic E-state index is 4.51. The van der Waals surface area contributed by atoms with Gasteiger partial charge < -0.3 is 5.32 Å². The highest BCUT2D eigenvalue weighted by molar-refractivity contribution is 5.10. The van der Waals surface area contributed by atoms with E-state index in [1.807, 2.05) is 0 Å². The summed E-state index contributed by atoms with van der Waals surface area (Å²) < 4.78 is 0. The Hall–Kier alpha value is -0.890. The summed E-state index contributed by atoms with van der Waals surface area (Å²) in [6.45, 7) is 4.39. The molecule has 0 unspecified atom stereocenters. The van der Waals surface area contributed by atoms with Crippen LogP contribution in [0.25, 0.3) is 0 Å². The highest BCUT2D eigenvalue weighted by Gasteiger charge is 2.14. The Balaban J connectivity index is 2.00. The first-order chi connectivity index (χ1) is 6.34. The van der Waals surface area contributed by atoms with Gasteiger partial charge >= 0.3 is 0 Å². The monoisotopic (exact) mass is 176 g/mol. The summed E-state index contributed by atoms with van der Waals surface area (Å²) in [6.07, 6.45) is 2.43. The lowest BCUT2D eigenvalue weighted by molar-refractivity contribution is 0.571. The molecule has 0 spiro atoms. The van der Waals surface area contributed by atoms with E-state index in [9.17, 15) is 0 Å². The minimum Gasteiger partial charge on any atom is -0.316 e. The number of hydrogen-bond acceptors (Lipinski definition) is 2. The van der Waals surface area contributed by atoms with Crippen molar-refractivity contribution in [2.45, 2.75) is 19.8 Å². The van der Waals surface area contributed by atoms with E-state index in [-0.39, 0.29) is 0 Å². The van der Waals surface area contributed by atoms with Gasteiger partial charge in [0.25, 0.3) is 0 Å². The zero-order valence-corrected chi connectivity index (χ0v) is 8.09. The van der Waals surface area contributed by atoms with E-state index in [2.05, 4.69) is 35.4 Å². The Morgan fingerprint density at radius 3 is 3.15 bits per heavy atom. The standard InChI is InChI=1S/C11H16N2/c1-9-3-2-4-11(13-9)7-10-5-6-12-8-10/h2-4,10,12H,5-8H2,1H3/t10-/m1/s1. The smallest absolute Gasteiger partial charge is 0.0410 e. The molecule has 0 radical (unpaired) electrons. The van der Waals surface area contributed by atoms with Gasteiger partial charge in [0.1, 0.15) is 0 Å². The number of nitrogens with zero attached hydrogens (tertiary/aromatic N) is 1. The molecule has 13 heavy (non-hydrogen) atoms. The van der Waals surface area contributed by atoms with E-state index in [0.29, 0.717) is 0 Å². The quantitative estimate of drug-likeness (QED) is 0.739. The van der Waals surface area contributed by atoms with Crippen LogP contribution < -0.4 is 5.32 Å². The molecule has 0 saturated carbocycles. The van der Waals surface area contributed by atoms with Crippen LogP contribution in [0.5, 0.6) is 0 Å². The molecule has 1 aliphatic heterocycles. The number of aryl methyl sites for hydroxylation is 1. The first-order valence-corrected chi connectivity index (χ1v) is 4.98. The summed E-state index contributed by atoms with van der Waals surface area (Å²) >= 11 is 0. The van der Waals surface area contributed by atoms with Crippen LogP contribution in [0.4, 0.5) is 0 Å². The van der Waals surface area contributed by atoms with Gasteiger partial charge in [-0.05, 0) is 50.9 Å². The number of nitrogens with one attached hydrogen (secondary N) is 1. The normalized spacial score (nSPS) is 22.1. The van der Waals surface area contributed by atoms with Crippen molar-refractivity contribution in [3.05, 3.63) is 29.6 Å². The molecule has 1 aromatic heterocycles. The molecule has 2 heterocycles. The zero-order valence-electron chi connectivity index (χ0n) is 8.09. The highest BCUT2D eigenvalue weighted by atomic mass is 14.9. The molecular weight excluding hydrogens is 160 g/mol. The average molecular weight is 176 g/mol. The second-order valence-corrected chi connectivity index (χ2v) is 3.83. The maximum Gasteiger partial charge on any atom is 0.0410 e. The SMILES string of the molecule is Cc1cccc(C[C@H]2CCNC2)n1. The van der Waals surface area contributed by atoms with Crippen LogP contribution in [0.3, 0.4) is 0 Å². The molecule has 2 heteroatoms. The number of aromatic nitrogens is 1. The zero-order chi connectivity index (χ0) is 9.10. The van der Waals surface area contributed by atoms with E-state index >= 15 is 0 Å². The molecule has 0 amide bonds. The van der Waals surface area contributed by atoms with Gasteiger partial charge in [0.15, 0.2) is 0 Å². The Bertz CT molecular complexity index is 277. The van der Waals surface area contributed by atoms with E-state index < -0.39 is 0 Å². The fourth-order valence-corrected chi connectivity index (χ4v) is 1.90. The molecule has 1 saturated heterocycles. The van der Waals surface area contributed by atoms with Gasteiger partial charge in [0.05, 0.1) is 0 Å². The lowest BCUT2D eigenvalue weighted by Crippen LogP contribution is -2.11. The molecule has 1 aromatic rings. The van der Waals surface area contributed by atoms with Crippen LogP contribution in [-0.4, -0.2) is 18.1 Å². The number of hydrogen-bond donors (Lipinski definition) is 1. The topological polar surface area (TPSA) is 24.9 Å².